The van der Waals surface area contributed by atoms with Crippen molar-refractivity contribution in [2.24, 2.45) is 17.8 Å². The number of aliphatic hydroxyl groups is 1. The van der Waals surface area contributed by atoms with E-state index in [4.69, 9.17) is 0 Å². The Balaban J connectivity index is 1.84. The lowest BCUT2D eigenvalue weighted by molar-refractivity contribution is 0.0198. The van der Waals surface area contributed by atoms with Gasteiger partial charge in [-0.3, -0.25) is 0 Å². The molecule has 2 saturated carbocycles. The first-order valence-corrected chi connectivity index (χ1v) is 7.48. The van der Waals surface area contributed by atoms with Crippen LogP contribution in [0.2, 0.25) is 0 Å². The first kappa shape index (κ1) is 13.4. The zero-order chi connectivity index (χ0) is 12.4. The molecule has 3 atom stereocenters. The minimum atomic E-state index is -0.0504. The van der Waals surface area contributed by atoms with Crippen LogP contribution in [0.25, 0.3) is 0 Å². The lowest BCUT2D eigenvalue weighted by Gasteiger charge is -2.43. The van der Waals surface area contributed by atoms with Gasteiger partial charge in [-0.05, 0) is 56.9 Å². The van der Waals surface area contributed by atoms with E-state index in [1.54, 1.807) is 0 Å². The molecule has 0 aromatic heterocycles. The highest BCUT2D eigenvalue weighted by Crippen LogP contribution is 2.36. The maximum atomic E-state index is 9.86. The molecule has 0 bridgehead atoms. The van der Waals surface area contributed by atoms with Crippen LogP contribution in [0.3, 0.4) is 0 Å². The number of aliphatic hydroxyl groups excluding tert-OH is 1. The van der Waals surface area contributed by atoms with Crippen LogP contribution in [-0.2, 0) is 0 Å². The second-order valence-electron chi connectivity index (χ2n) is 6.58. The minimum absolute atomic E-state index is 0.0504. The Hall–Kier alpha value is -0.0800. The molecule has 0 aliphatic heterocycles. The van der Waals surface area contributed by atoms with Crippen LogP contribution < -0.4 is 0 Å². The van der Waals surface area contributed by atoms with Crippen molar-refractivity contribution < 1.29 is 5.11 Å². The summed E-state index contributed by atoms with van der Waals surface area (Å²) in [6.07, 6.45) is 7.27. The summed E-state index contributed by atoms with van der Waals surface area (Å²) in [7, 11) is 2.27. The number of hydrogen-bond acceptors (Lipinski definition) is 2. The highest BCUT2D eigenvalue weighted by atomic mass is 16.3. The summed E-state index contributed by atoms with van der Waals surface area (Å²) < 4.78 is 0. The fraction of sp³-hybridized carbons (Fsp3) is 1.00. The van der Waals surface area contributed by atoms with Gasteiger partial charge in [0.15, 0.2) is 0 Å². The van der Waals surface area contributed by atoms with E-state index < -0.39 is 0 Å². The molecule has 2 nitrogen and oxygen atoms in total. The van der Waals surface area contributed by atoms with Crippen molar-refractivity contribution in [2.45, 2.75) is 64.5 Å². The molecule has 1 N–H and O–H groups in total. The van der Waals surface area contributed by atoms with Crippen LogP contribution >= 0.6 is 0 Å². The third-order valence-corrected chi connectivity index (χ3v) is 5.04. The van der Waals surface area contributed by atoms with E-state index >= 15 is 0 Å². The van der Waals surface area contributed by atoms with Crippen molar-refractivity contribution >= 4 is 0 Å². The van der Waals surface area contributed by atoms with Gasteiger partial charge < -0.3 is 10.0 Å². The van der Waals surface area contributed by atoms with Crippen LogP contribution in [-0.4, -0.2) is 35.7 Å². The summed E-state index contributed by atoms with van der Waals surface area (Å²) in [5.41, 5.74) is 0. The van der Waals surface area contributed by atoms with Crippen LogP contribution in [0.1, 0.15) is 52.4 Å². The zero-order valence-corrected chi connectivity index (χ0v) is 11.7. The second-order valence-corrected chi connectivity index (χ2v) is 6.58. The molecule has 3 unspecified atom stereocenters. The lowest BCUT2D eigenvalue weighted by Crippen LogP contribution is -2.46. The third-order valence-electron chi connectivity index (χ3n) is 5.04. The smallest absolute Gasteiger partial charge is 0.0555 e. The summed E-state index contributed by atoms with van der Waals surface area (Å²) in [4.78, 5) is 2.55. The molecule has 100 valence electrons. The van der Waals surface area contributed by atoms with E-state index in [2.05, 4.69) is 25.8 Å². The summed E-state index contributed by atoms with van der Waals surface area (Å²) in [5, 5.41) is 9.86. The van der Waals surface area contributed by atoms with E-state index in [-0.39, 0.29) is 6.10 Å². The van der Waals surface area contributed by atoms with Crippen molar-refractivity contribution in [2.75, 3.05) is 13.6 Å². The van der Waals surface area contributed by atoms with Gasteiger partial charge in [0.05, 0.1) is 6.10 Å². The zero-order valence-electron chi connectivity index (χ0n) is 11.7. The van der Waals surface area contributed by atoms with Gasteiger partial charge in [-0.2, -0.15) is 0 Å². The minimum Gasteiger partial charge on any atom is -0.393 e. The maximum Gasteiger partial charge on any atom is 0.0555 e. The molecule has 0 saturated heterocycles. The monoisotopic (exact) mass is 239 g/mol. The van der Waals surface area contributed by atoms with Gasteiger partial charge in [0.25, 0.3) is 0 Å². The van der Waals surface area contributed by atoms with Gasteiger partial charge >= 0.3 is 0 Å². The largest absolute Gasteiger partial charge is 0.393 e. The Morgan fingerprint density at radius 1 is 1.18 bits per heavy atom. The molecule has 0 radical (unpaired) electrons. The van der Waals surface area contributed by atoms with Crippen molar-refractivity contribution in [1.29, 1.82) is 0 Å². The molecule has 17 heavy (non-hydrogen) atoms. The van der Waals surface area contributed by atoms with Gasteiger partial charge in [0.1, 0.15) is 0 Å². The van der Waals surface area contributed by atoms with E-state index in [9.17, 15) is 5.11 Å². The molecule has 0 aromatic carbocycles. The molecule has 0 heterocycles. The molecule has 2 heteroatoms. The third kappa shape index (κ3) is 3.23. The summed E-state index contributed by atoms with van der Waals surface area (Å²) in [5.74, 6) is 2.68. The predicted molar refractivity (Wildman–Crippen MR) is 71.9 cm³/mol. The molecule has 0 spiro atoms. The summed E-state index contributed by atoms with van der Waals surface area (Å²) in [6, 6.07) is 0.625. The molecule has 0 amide bonds. The average Bonchev–Trinajstić information content (AvgIpc) is 2.27. The maximum absolute atomic E-state index is 9.86. The van der Waals surface area contributed by atoms with Gasteiger partial charge in [-0.25, -0.2) is 0 Å². The second kappa shape index (κ2) is 5.71. The van der Waals surface area contributed by atoms with E-state index in [0.717, 1.165) is 30.6 Å². The van der Waals surface area contributed by atoms with Crippen LogP contribution in [0.5, 0.6) is 0 Å². The topological polar surface area (TPSA) is 23.5 Å². The normalized spacial score (nSPS) is 42.5. The number of hydrogen-bond donors (Lipinski definition) is 1. The highest BCUT2D eigenvalue weighted by Gasteiger charge is 2.34. The Morgan fingerprint density at radius 3 is 2.47 bits per heavy atom. The van der Waals surface area contributed by atoms with Crippen molar-refractivity contribution in [3.8, 4) is 0 Å². The number of nitrogens with zero attached hydrogens (tertiary/aromatic N) is 1. The Labute approximate surface area is 106 Å². The molecule has 0 aromatic rings. The Bertz CT molecular complexity index is 237. The van der Waals surface area contributed by atoms with Crippen LogP contribution in [0.15, 0.2) is 0 Å². The van der Waals surface area contributed by atoms with Crippen LogP contribution in [0, 0.1) is 17.8 Å². The van der Waals surface area contributed by atoms with Crippen LogP contribution in [0.4, 0.5) is 0 Å². The first-order chi connectivity index (χ1) is 8.10. The molecule has 2 fully saturated rings. The summed E-state index contributed by atoms with van der Waals surface area (Å²) in [6.45, 7) is 5.91. The highest BCUT2D eigenvalue weighted by molar-refractivity contribution is 4.87. The Morgan fingerprint density at radius 2 is 1.88 bits per heavy atom. The Kier molecular flexibility index (Phi) is 4.48. The molecular weight excluding hydrogens is 210 g/mol. The van der Waals surface area contributed by atoms with Gasteiger partial charge in [-0.1, -0.05) is 20.3 Å². The average molecular weight is 239 g/mol. The standard InChI is InChI=1S/C15H29NO/c1-4-13-5-6-14(17)9-15(13)16(3)10-12-7-11(2)8-12/h11-15,17H,4-10H2,1-3H3. The van der Waals surface area contributed by atoms with Gasteiger partial charge in [-0.15, -0.1) is 0 Å². The fourth-order valence-corrected chi connectivity index (χ4v) is 3.96. The fourth-order valence-electron chi connectivity index (χ4n) is 3.96. The molecule has 2 rings (SSSR count). The summed E-state index contributed by atoms with van der Waals surface area (Å²) >= 11 is 0. The predicted octanol–water partition coefficient (Wildman–Crippen LogP) is 2.90. The first-order valence-electron chi connectivity index (χ1n) is 7.48. The number of rotatable bonds is 4. The van der Waals surface area contributed by atoms with Crippen molar-refractivity contribution in [1.82, 2.24) is 4.90 Å². The van der Waals surface area contributed by atoms with E-state index in [1.807, 2.05) is 0 Å². The van der Waals surface area contributed by atoms with Crippen molar-refractivity contribution in [3.05, 3.63) is 0 Å². The van der Waals surface area contributed by atoms with E-state index in [1.165, 1.54) is 32.2 Å². The molecule has 2 aliphatic rings. The molecular formula is C15H29NO. The van der Waals surface area contributed by atoms with E-state index in [0.29, 0.717) is 6.04 Å². The lowest BCUT2D eigenvalue weighted by atomic mass is 9.75. The van der Waals surface area contributed by atoms with Crippen molar-refractivity contribution in [3.63, 3.8) is 0 Å². The van der Waals surface area contributed by atoms with Gasteiger partial charge in [0.2, 0.25) is 0 Å². The molecule has 2 aliphatic carbocycles. The quantitative estimate of drug-likeness (QED) is 0.815. The SMILES string of the molecule is CCC1CCC(O)CC1N(C)CC1CC(C)C1. The van der Waals surface area contributed by atoms with Gasteiger partial charge in [0, 0.05) is 12.6 Å².